The number of carbonyl (C=O) groups excluding carboxylic acids is 1. The Hall–Kier alpha value is -3.50. The number of nitrogens with one attached hydrogen (secondary N) is 1. The minimum atomic E-state index is -0.967. The van der Waals surface area contributed by atoms with E-state index >= 15 is 0 Å². The standard InChI is InChI=1S/C21H16ClN3O6S/c22-12-4-2-1-3-10(12)9-29-20(28)24-16-15(25-32-17(16)23)13-7-11-8-14(31-18(11)30-13)21(5-6-21)19(26)27/h1-4,7-8H,5-6,9,23H2,(H,24,28)(H,26,27). The molecule has 1 amide bonds. The van der Waals surface area contributed by atoms with Crippen LogP contribution in [0.3, 0.4) is 0 Å². The molecule has 1 aromatic carbocycles. The highest BCUT2D eigenvalue weighted by molar-refractivity contribution is 7.11. The van der Waals surface area contributed by atoms with E-state index in [4.69, 9.17) is 30.9 Å². The van der Waals surface area contributed by atoms with Gasteiger partial charge in [0.15, 0.2) is 5.76 Å². The predicted octanol–water partition coefficient (Wildman–Crippen LogP) is 5.25. The number of anilines is 2. The molecule has 5 rings (SSSR count). The molecule has 0 saturated heterocycles. The number of carbonyl (C=O) groups is 2. The van der Waals surface area contributed by atoms with Crippen molar-refractivity contribution in [3.05, 3.63) is 52.7 Å². The molecule has 1 saturated carbocycles. The summed E-state index contributed by atoms with van der Waals surface area (Å²) in [6, 6.07) is 10.4. The molecule has 4 aromatic rings. The van der Waals surface area contributed by atoms with Gasteiger partial charge in [-0.1, -0.05) is 29.8 Å². The number of nitrogen functional groups attached to an aromatic ring is 1. The highest BCUT2D eigenvalue weighted by Gasteiger charge is 2.54. The average molecular weight is 474 g/mol. The van der Waals surface area contributed by atoms with Crippen LogP contribution in [0.25, 0.3) is 22.6 Å². The van der Waals surface area contributed by atoms with E-state index in [1.165, 1.54) is 0 Å². The Kier molecular flexibility index (Phi) is 4.83. The number of amides is 1. The van der Waals surface area contributed by atoms with Crippen LogP contribution in [0, 0.1) is 0 Å². The van der Waals surface area contributed by atoms with Crippen molar-refractivity contribution in [3.8, 4) is 11.5 Å². The number of aliphatic carboxylic acids is 1. The number of fused-ring (bicyclic) bond motifs is 1. The molecule has 0 aliphatic heterocycles. The van der Waals surface area contributed by atoms with E-state index in [1.807, 2.05) is 0 Å². The quantitative estimate of drug-likeness (QED) is 0.344. The van der Waals surface area contributed by atoms with Gasteiger partial charge < -0.3 is 24.4 Å². The van der Waals surface area contributed by atoms with Crippen LogP contribution >= 0.6 is 23.1 Å². The highest BCUT2D eigenvalue weighted by Crippen LogP contribution is 2.50. The number of hydrogen-bond acceptors (Lipinski definition) is 8. The second kappa shape index (κ2) is 7.57. The summed E-state index contributed by atoms with van der Waals surface area (Å²) in [5.41, 5.74) is 6.25. The maximum absolute atomic E-state index is 12.3. The highest BCUT2D eigenvalue weighted by atomic mass is 35.5. The molecule has 0 spiro atoms. The Morgan fingerprint density at radius 1 is 1.28 bits per heavy atom. The molecule has 4 N–H and O–H groups in total. The van der Waals surface area contributed by atoms with Gasteiger partial charge >= 0.3 is 12.1 Å². The Morgan fingerprint density at radius 3 is 2.75 bits per heavy atom. The van der Waals surface area contributed by atoms with Crippen molar-refractivity contribution in [1.82, 2.24) is 4.37 Å². The largest absolute Gasteiger partial charge is 0.480 e. The second-order valence-corrected chi connectivity index (χ2v) is 8.63. The van der Waals surface area contributed by atoms with Crippen molar-refractivity contribution < 1.29 is 28.3 Å². The van der Waals surface area contributed by atoms with Crippen molar-refractivity contribution in [2.75, 3.05) is 11.1 Å². The fourth-order valence-corrected chi connectivity index (χ4v) is 4.17. The number of carboxylic acid groups (broad SMARTS) is 1. The summed E-state index contributed by atoms with van der Waals surface area (Å²) in [5, 5.41) is 13.4. The number of nitrogens with two attached hydrogens (primary N) is 1. The first-order valence-electron chi connectivity index (χ1n) is 9.57. The molecule has 1 aliphatic carbocycles. The van der Waals surface area contributed by atoms with Crippen LogP contribution in [0.15, 0.2) is 45.2 Å². The zero-order valence-corrected chi connectivity index (χ0v) is 18.0. The van der Waals surface area contributed by atoms with Crippen molar-refractivity contribution in [1.29, 1.82) is 0 Å². The third-order valence-corrected chi connectivity index (χ3v) is 6.38. The molecule has 32 heavy (non-hydrogen) atoms. The summed E-state index contributed by atoms with van der Waals surface area (Å²) >= 11 is 7.06. The zero-order chi connectivity index (χ0) is 22.5. The summed E-state index contributed by atoms with van der Waals surface area (Å²) in [6.45, 7) is -0.0138. The van der Waals surface area contributed by atoms with Crippen LogP contribution < -0.4 is 11.1 Å². The van der Waals surface area contributed by atoms with Crippen molar-refractivity contribution in [3.63, 3.8) is 0 Å². The molecule has 9 nitrogen and oxygen atoms in total. The molecule has 0 unspecified atom stereocenters. The number of aromatic nitrogens is 1. The van der Waals surface area contributed by atoms with Gasteiger partial charge in [0.05, 0.1) is 5.39 Å². The van der Waals surface area contributed by atoms with Crippen LogP contribution in [-0.2, 0) is 21.6 Å². The predicted molar refractivity (Wildman–Crippen MR) is 118 cm³/mol. The first-order chi connectivity index (χ1) is 15.4. The third-order valence-electron chi connectivity index (χ3n) is 5.34. The number of furan rings is 2. The number of halogens is 1. The number of hydrogen-bond donors (Lipinski definition) is 3. The molecule has 0 atom stereocenters. The van der Waals surface area contributed by atoms with E-state index < -0.39 is 17.5 Å². The number of ether oxygens (including phenoxy) is 1. The van der Waals surface area contributed by atoms with Gasteiger partial charge in [-0.15, -0.1) is 0 Å². The molecule has 11 heteroatoms. The summed E-state index contributed by atoms with van der Waals surface area (Å²) in [5.74, 6) is -0.0473. The maximum Gasteiger partial charge on any atom is 0.412 e. The van der Waals surface area contributed by atoms with Gasteiger partial charge in [-0.25, -0.2) is 4.79 Å². The third kappa shape index (κ3) is 3.47. The van der Waals surface area contributed by atoms with Crippen LogP contribution in [0.1, 0.15) is 24.2 Å². The van der Waals surface area contributed by atoms with Gasteiger partial charge in [-0.2, -0.15) is 4.37 Å². The lowest BCUT2D eigenvalue weighted by Crippen LogP contribution is -2.18. The van der Waals surface area contributed by atoms with E-state index in [0.717, 1.165) is 11.5 Å². The minimum absolute atomic E-state index is 0.0138. The monoisotopic (exact) mass is 473 g/mol. The maximum atomic E-state index is 12.3. The molecule has 0 bridgehead atoms. The van der Waals surface area contributed by atoms with E-state index in [0.29, 0.717) is 46.0 Å². The summed E-state index contributed by atoms with van der Waals surface area (Å²) in [6.07, 6.45) is 0.323. The Bertz CT molecular complexity index is 1320. The first-order valence-corrected chi connectivity index (χ1v) is 10.7. The molecule has 3 heterocycles. The molecule has 164 valence electrons. The van der Waals surface area contributed by atoms with Gasteiger partial charge in [0.25, 0.3) is 5.78 Å². The van der Waals surface area contributed by atoms with E-state index in [9.17, 15) is 14.7 Å². The van der Waals surface area contributed by atoms with Gasteiger partial charge in [0.1, 0.15) is 34.2 Å². The van der Waals surface area contributed by atoms with Crippen LogP contribution in [-0.4, -0.2) is 21.5 Å². The van der Waals surface area contributed by atoms with E-state index in [1.54, 1.807) is 36.4 Å². The van der Waals surface area contributed by atoms with E-state index in [2.05, 4.69) is 9.69 Å². The lowest BCUT2D eigenvalue weighted by atomic mass is 10.0. The fraction of sp³-hybridized carbons (Fsp3) is 0.190. The minimum Gasteiger partial charge on any atom is -0.480 e. The van der Waals surface area contributed by atoms with Crippen molar-refractivity contribution >= 4 is 57.1 Å². The number of carboxylic acids is 1. The molecule has 0 radical (unpaired) electrons. The van der Waals surface area contributed by atoms with Gasteiger partial charge in [-0.3, -0.25) is 10.1 Å². The molecule has 1 fully saturated rings. The summed E-state index contributed by atoms with van der Waals surface area (Å²) in [7, 11) is 0. The SMILES string of the molecule is Nc1snc(-c2cc3cc(C4(C(=O)O)CC4)oc3o2)c1NC(=O)OCc1ccccc1Cl. The second-order valence-electron chi connectivity index (χ2n) is 7.41. The Labute approximate surface area is 189 Å². The van der Waals surface area contributed by atoms with Gasteiger partial charge in [-0.05, 0) is 42.6 Å². The van der Waals surface area contributed by atoms with Crippen molar-refractivity contribution in [2.45, 2.75) is 24.9 Å². The molecular formula is C21H16ClN3O6S. The van der Waals surface area contributed by atoms with E-state index in [-0.39, 0.29) is 23.1 Å². The van der Waals surface area contributed by atoms with Crippen molar-refractivity contribution in [2.24, 2.45) is 0 Å². The fourth-order valence-electron chi connectivity index (χ4n) is 3.37. The van der Waals surface area contributed by atoms with Gasteiger partial charge in [0, 0.05) is 10.6 Å². The zero-order valence-electron chi connectivity index (χ0n) is 16.4. The van der Waals surface area contributed by atoms with Gasteiger partial charge in [0.2, 0.25) is 0 Å². The summed E-state index contributed by atoms with van der Waals surface area (Å²) < 4.78 is 20.9. The Balaban J connectivity index is 1.35. The normalized spacial score (nSPS) is 14.4. The molecule has 3 aromatic heterocycles. The Morgan fingerprint density at radius 2 is 2.06 bits per heavy atom. The number of benzene rings is 1. The van der Waals surface area contributed by atoms with Crippen LogP contribution in [0.4, 0.5) is 15.5 Å². The number of nitrogens with zero attached hydrogens (tertiary/aromatic N) is 1. The lowest BCUT2D eigenvalue weighted by molar-refractivity contribution is -0.140. The average Bonchev–Trinajstić information content (AvgIpc) is 3.17. The topological polar surface area (TPSA) is 141 Å². The smallest absolute Gasteiger partial charge is 0.412 e. The molecule has 1 aliphatic rings. The lowest BCUT2D eigenvalue weighted by Gasteiger charge is -2.08. The van der Waals surface area contributed by atoms with Crippen LogP contribution in [0.5, 0.6) is 0 Å². The first kappa shape index (κ1) is 20.4. The number of rotatable bonds is 6. The van der Waals surface area contributed by atoms with Crippen LogP contribution in [0.2, 0.25) is 5.02 Å². The molecular weight excluding hydrogens is 458 g/mol. The summed E-state index contributed by atoms with van der Waals surface area (Å²) in [4.78, 5) is 23.8.